The van der Waals surface area contributed by atoms with E-state index in [0.29, 0.717) is 6.54 Å². The zero-order valence-corrected chi connectivity index (χ0v) is 15.4. The van der Waals surface area contributed by atoms with E-state index in [0.717, 1.165) is 53.5 Å². The maximum atomic E-state index is 13.0. The summed E-state index contributed by atoms with van der Waals surface area (Å²) in [4.78, 5) is 13.0. The molecule has 2 aromatic rings. The third kappa shape index (κ3) is 2.58. The Morgan fingerprint density at radius 3 is 2.50 bits per heavy atom. The molecule has 4 heteroatoms. The monoisotopic (exact) mass is 352 g/mol. The summed E-state index contributed by atoms with van der Waals surface area (Å²) < 4.78 is 2.07. The van der Waals surface area contributed by atoms with Gasteiger partial charge in [0.15, 0.2) is 0 Å². The van der Waals surface area contributed by atoms with Crippen molar-refractivity contribution in [3.8, 4) is 0 Å². The highest BCUT2D eigenvalue weighted by Gasteiger charge is 2.54. The number of rotatable bonds is 4. The Kier molecular flexibility index (Phi) is 3.68. The number of hydrogen-bond donors (Lipinski definition) is 2. The van der Waals surface area contributed by atoms with Gasteiger partial charge < -0.3 is 15.0 Å². The molecule has 26 heavy (non-hydrogen) atoms. The van der Waals surface area contributed by atoms with Crippen LogP contribution in [0, 0.1) is 23.2 Å². The van der Waals surface area contributed by atoms with Crippen LogP contribution in [0.5, 0.6) is 0 Å². The predicted molar refractivity (Wildman–Crippen MR) is 101 cm³/mol. The maximum absolute atomic E-state index is 13.0. The lowest BCUT2D eigenvalue weighted by atomic mass is 9.49. The number of fused-ring (bicyclic) bond motifs is 1. The molecule has 6 rings (SSSR count). The second-order valence-electron chi connectivity index (χ2n) is 9.17. The minimum absolute atomic E-state index is 0.141. The van der Waals surface area contributed by atoms with E-state index < -0.39 is 6.10 Å². The molecule has 0 spiro atoms. The van der Waals surface area contributed by atoms with Crippen LogP contribution in [0.2, 0.25) is 0 Å². The SMILES string of the molecule is Cn1ccc2cc(C(O)CNC(=O)C34CC5CC(CC(C5)C3)C4)ccc21. The topological polar surface area (TPSA) is 54.3 Å². The second kappa shape index (κ2) is 5.85. The van der Waals surface area contributed by atoms with Crippen LogP contribution >= 0.6 is 0 Å². The zero-order valence-electron chi connectivity index (χ0n) is 15.4. The molecular formula is C22H28N2O2. The fraction of sp³-hybridized carbons (Fsp3) is 0.591. The minimum Gasteiger partial charge on any atom is -0.387 e. The first-order chi connectivity index (χ1) is 12.5. The molecule has 0 radical (unpaired) electrons. The first kappa shape index (κ1) is 16.4. The lowest BCUT2D eigenvalue weighted by Crippen LogP contribution is -2.54. The highest BCUT2D eigenvalue weighted by atomic mass is 16.3. The summed E-state index contributed by atoms with van der Waals surface area (Å²) in [5.41, 5.74) is 1.88. The third-order valence-electron chi connectivity index (χ3n) is 7.27. The van der Waals surface area contributed by atoms with E-state index in [1.54, 1.807) is 0 Å². The molecule has 4 saturated carbocycles. The summed E-state index contributed by atoms with van der Waals surface area (Å²) in [5, 5.41) is 14.8. The predicted octanol–water partition coefficient (Wildman–Crippen LogP) is 3.54. The Balaban J connectivity index is 1.27. The average molecular weight is 352 g/mol. The highest BCUT2D eigenvalue weighted by molar-refractivity contribution is 5.83. The van der Waals surface area contributed by atoms with Gasteiger partial charge in [0.25, 0.3) is 0 Å². The van der Waals surface area contributed by atoms with Gasteiger partial charge in [-0.2, -0.15) is 0 Å². The van der Waals surface area contributed by atoms with Crippen molar-refractivity contribution in [2.45, 2.75) is 44.6 Å². The van der Waals surface area contributed by atoms with Gasteiger partial charge in [-0.15, -0.1) is 0 Å². The minimum atomic E-state index is -0.655. The van der Waals surface area contributed by atoms with Gasteiger partial charge in [-0.25, -0.2) is 0 Å². The van der Waals surface area contributed by atoms with Crippen LogP contribution in [0.4, 0.5) is 0 Å². The normalized spacial score (nSPS) is 33.5. The van der Waals surface area contributed by atoms with Crippen LogP contribution < -0.4 is 5.32 Å². The van der Waals surface area contributed by atoms with Gasteiger partial charge in [0, 0.05) is 30.7 Å². The quantitative estimate of drug-likeness (QED) is 0.884. The second-order valence-corrected chi connectivity index (χ2v) is 9.17. The van der Waals surface area contributed by atoms with Crippen LogP contribution in [0.1, 0.15) is 50.2 Å². The highest BCUT2D eigenvalue weighted by Crippen LogP contribution is 2.60. The van der Waals surface area contributed by atoms with Gasteiger partial charge in [0.05, 0.1) is 6.10 Å². The largest absolute Gasteiger partial charge is 0.387 e. The molecule has 4 nitrogen and oxygen atoms in total. The number of benzene rings is 1. The molecule has 4 aliphatic rings. The van der Waals surface area contributed by atoms with Gasteiger partial charge in [0.1, 0.15) is 0 Å². The Morgan fingerprint density at radius 1 is 1.19 bits per heavy atom. The van der Waals surface area contributed by atoms with Crippen molar-refractivity contribution in [1.29, 1.82) is 0 Å². The van der Waals surface area contributed by atoms with Crippen molar-refractivity contribution >= 4 is 16.8 Å². The van der Waals surface area contributed by atoms with Crippen molar-refractivity contribution in [3.63, 3.8) is 0 Å². The van der Waals surface area contributed by atoms with Gasteiger partial charge >= 0.3 is 0 Å². The molecule has 4 fully saturated rings. The van der Waals surface area contributed by atoms with E-state index in [4.69, 9.17) is 0 Å². The summed E-state index contributed by atoms with van der Waals surface area (Å²) in [6.07, 6.45) is 8.59. The lowest BCUT2D eigenvalue weighted by molar-refractivity contribution is -0.146. The van der Waals surface area contributed by atoms with Crippen molar-refractivity contribution in [1.82, 2.24) is 9.88 Å². The fourth-order valence-electron chi connectivity index (χ4n) is 6.39. The zero-order chi connectivity index (χ0) is 17.9. The Bertz CT molecular complexity index is 818. The number of aliphatic hydroxyl groups is 1. The van der Waals surface area contributed by atoms with Crippen LogP contribution in [0.3, 0.4) is 0 Å². The van der Waals surface area contributed by atoms with Crippen LogP contribution in [0.15, 0.2) is 30.5 Å². The van der Waals surface area contributed by atoms with E-state index in [1.807, 2.05) is 31.4 Å². The fourth-order valence-corrected chi connectivity index (χ4v) is 6.39. The van der Waals surface area contributed by atoms with E-state index in [9.17, 15) is 9.90 Å². The number of hydrogen-bond acceptors (Lipinski definition) is 2. The summed E-state index contributed by atoms with van der Waals surface area (Å²) in [5.74, 6) is 2.48. The number of aryl methyl sites for hydroxylation is 1. The molecule has 1 amide bonds. The van der Waals surface area contributed by atoms with Gasteiger partial charge in [-0.1, -0.05) is 6.07 Å². The van der Waals surface area contributed by atoms with Crippen molar-refractivity contribution in [3.05, 3.63) is 36.0 Å². The number of carbonyl (C=O) groups excluding carboxylic acids is 1. The molecule has 1 aromatic heterocycles. The van der Waals surface area contributed by atoms with Crippen LogP contribution in [-0.4, -0.2) is 22.1 Å². The molecule has 138 valence electrons. The standard InChI is InChI=1S/C22H28N2O2/c1-24-5-4-17-9-18(2-3-19(17)24)20(25)13-23-21(26)22-10-14-6-15(11-22)8-16(7-14)12-22/h2-5,9,14-16,20,25H,6-8,10-13H2,1H3,(H,23,26). The molecule has 1 aromatic carbocycles. The number of carbonyl (C=O) groups is 1. The molecule has 4 bridgehead atoms. The van der Waals surface area contributed by atoms with E-state index >= 15 is 0 Å². The Labute approximate surface area is 154 Å². The number of amides is 1. The van der Waals surface area contributed by atoms with E-state index in [-0.39, 0.29) is 11.3 Å². The number of aliphatic hydroxyl groups excluding tert-OH is 1. The maximum Gasteiger partial charge on any atom is 0.226 e. The molecule has 1 unspecified atom stereocenters. The van der Waals surface area contributed by atoms with Crippen molar-refractivity contribution < 1.29 is 9.90 Å². The summed E-state index contributed by atoms with van der Waals surface area (Å²) in [6, 6.07) is 8.08. The number of aromatic nitrogens is 1. The molecular weight excluding hydrogens is 324 g/mol. The van der Waals surface area contributed by atoms with E-state index in [2.05, 4.69) is 16.0 Å². The molecule has 1 heterocycles. The molecule has 0 aliphatic heterocycles. The van der Waals surface area contributed by atoms with Gasteiger partial charge in [-0.3, -0.25) is 4.79 Å². The average Bonchev–Trinajstić information content (AvgIpc) is 2.98. The van der Waals surface area contributed by atoms with Crippen molar-refractivity contribution in [2.75, 3.05) is 6.54 Å². The first-order valence-electron chi connectivity index (χ1n) is 10.0. The molecule has 2 N–H and O–H groups in total. The molecule has 1 atom stereocenters. The smallest absolute Gasteiger partial charge is 0.226 e. The lowest BCUT2D eigenvalue weighted by Gasteiger charge is -2.55. The van der Waals surface area contributed by atoms with Crippen LogP contribution in [-0.2, 0) is 11.8 Å². The summed E-state index contributed by atoms with van der Waals surface area (Å²) in [6.45, 7) is 0.304. The molecule has 0 saturated heterocycles. The van der Waals surface area contributed by atoms with Crippen molar-refractivity contribution in [2.24, 2.45) is 30.2 Å². The van der Waals surface area contributed by atoms with Gasteiger partial charge in [0.2, 0.25) is 5.91 Å². The van der Waals surface area contributed by atoms with Crippen LogP contribution in [0.25, 0.3) is 10.9 Å². The van der Waals surface area contributed by atoms with E-state index in [1.165, 1.54) is 19.3 Å². The Morgan fingerprint density at radius 2 is 1.85 bits per heavy atom. The summed E-state index contributed by atoms with van der Waals surface area (Å²) >= 11 is 0. The third-order valence-corrected chi connectivity index (χ3v) is 7.27. The number of nitrogens with one attached hydrogen (secondary N) is 1. The first-order valence-corrected chi connectivity index (χ1v) is 10.0. The van der Waals surface area contributed by atoms with Gasteiger partial charge in [-0.05, 0) is 85.4 Å². The summed E-state index contributed by atoms with van der Waals surface area (Å²) in [7, 11) is 2.02. The molecule has 4 aliphatic carbocycles. The number of nitrogens with zero attached hydrogens (tertiary/aromatic N) is 1. The Hall–Kier alpha value is -1.81.